The standard InChI is InChI=1S/C29H24N4O4/c1-36-28(34)22-7-13-26(30-16-22)18-32-24-9-3-20(4-10-24)15-21-5-11-25(12-6-21)33-19-27-14-8-23(17-31-27)29(35)37-2/h3-14,16-19H,15H2,1-2H3. The summed E-state index contributed by atoms with van der Waals surface area (Å²) >= 11 is 0. The van der Waals surface area contributed by atoms with Crippen LogP contribution in [0.1, 0.15) is 43.2 Å². The second kappa shape index (κ2) is 12.1. The number of benzene rings is 2. The van der Waals surface area contributed by atoms with E-state index in [4.69, 9.17) is 0 Å². The Morgan fingerprint density at radius 1 is 0.649 bits per heavy atom. The van der Waals surface area contributed by atoms with E-state index in [0.717, 1.165) is 28.9 Å². The molecular weight excluding hydrogens is 468 g/mol. The van der Waals surface area contributed by atoms with Crippen LogP contribution >= 0.6 is 0 Å². The molecule has 0 radical (unpaired) electrons. The Hall–Kier alpha value is -4.98. The predicted molar refractivity (Wildman–Crippen MR) is 141 cm³/mol. The van der Waals surface area contributed by atoms with Crippen molar-refractivity contribution in [3.05, 3.63) is 119 Å². The summed E-state index contributed by atoms with van der Waals surface area (Å²) in [4.78, 5) is 40.3. The Morgan fingerprint density at radius 3 is 1.38 bits per heavy atom. The van der Waals surface area contributed by atoms with Gasteiger partial charge in [0.05, 0.1) is 60.5 Å². The molecule has 0 aliphatic rings. The van der Waals surface area contributed by atoms with Crippen LogP contribution in [0.3, 0.4) is 0 Å². The molecule has 0 amide bonds. The van der Waals surface area contributed by atoms with Gasteiger partial charge < -0.3 is 9.47 Å². The fraction of sp³-hybridized carbons (Fsp3) is 0.103. The SMILES string of the molecule is COC(=O)c1ccc(C=Nc2ccc(Cc3ccc(N=Cc4ccc(C(=O)OC)cn4)cc3)cc2)nc1. The fourth-order valence-electron chi connectivity index (χ4n) is 3.36. The van der Waals surface area contributed by atoms with Gasteiger partial charge in [-0.2, -0.15) is 0 Å². The number of aromatic nitrogens is 2. The number of ether oxygens (including phenoxy) is 2. The maximum absolute atomic E-state index is 11.5. The normalized spacial score (nSPS) is 11.1. The van der Waals surface area contributed by atoms with E-state index in [9.17, 15) is 9.59 Å². The van der Waals surface area contributed by atoms with Crippen molar-refractivity contribution in [2.75, 3.05) is 14.2 Å². The van der Waals surface area contributed by atoms with Gasteiger partial charge in [-0.05, 0) is 66.1 Å². The topological polar surface area (TPSA) is 103 Å². The zero-order chi connectivity index (χ0) is 26.0. The number of carbonyl (C=O) groups excluding carboxylic acids is 2. The highest BCUT2D eigenvalue weighted by molar-refractivity contribution is 5.90. The third-order valence-electron chi connectivity index (χ3n) is 5.39. The molecule has 37 heavy (non-hydrogen) atoms. The summed E-state index contributed by atoms with van der Waals surface area (Å²) in [6.45, 7) is 0. The third-order valence-corrected chi connectivity index (χ3v) is 5.39. The first-order chi connectivity index (χ1) is 18.0. The van der Waals surface area contributed by atoms with Gasteiger partial charge in [0.1, 0.15) is 0 Å². The summed E-state index contributed by atoms with van der Waals surface area (Å²) in [5.74, 6) is -0.842. The van der Waals surface area contributed by atoms with Crippen LogP contribution in [0.5, 0.6) is 0 Å². The summed E-state index contributed by atoms with van der Waals surface area (Å²) in [5, 5.41) is 0. The van der Waals surface area contributed by atoms with Crippen LogP contribution in [0, 0.1) is 0 Å². The Kier molecular flexibility index (Phi) is 8.23. The van der Waals surface area contributed by atoms with Gasteiger partial charge >= 0.3 is 11.9 Å². The summed E-state index contributed by atoms with van der Waals surface area (Å²) in [6, 6.07) is 22.7. The molecule has 0 aliphatic heterocycles. The van der Waals surface area contributed by atoms with Gasteiger partial charge in [0, 0.05) is 12.4 Å². The van der Waals surface area contributed by atoms with Crippen LogP contribution < -0.4 is 0 Å². The number of rotatable bonds is 8. The fourth-order valence-corrected chi connectivity index (χ4v) is 3.36. The highest BCUT2D eigenvalue weighted by Crippen LogP contribution is 2.19. The lowest BCUT2D eigenvalue weighted by Crippen LogP contribution is -2.02. The minimum absolute atomic E-state index is 0.396. The van der Waals surface area contributed by atoms with Crippen molar-refractivity contribution in [2.45, 2.75) is 6.42 Å². The molecule has 4 rings (SSSR count). The van der Waals surface area contributed by atoms with Gasteiger partial charge in [-0.25, -0.2) is 9.59 Å². The van der Waals surface area contributed by atoms with Crippen LogP contribution in [0.15, 0.2) is 95.2 Å². The highest BCUT2D eigenvalue weighted by Gasteiger charge is 2.05. The zero-order valence-electron chi connectivity index (χ0n) is 20.4. The number of esters is 2. The number of carbonyl (C=O) groups is 2. The van der Waals surface area contributed by atoms with Crippen LogP contribution in [0.25, 0.3) is 0 Å². The quantitative estimate of drug-likeness (QED) is 0.249. The smallest absolute Gasteiger partial charge is 0.339 e. The molecule has 2 heterocycles. The molecule has 0 fully saturated rings. The van der Waals surface area contributed by atoms with E-state index in [0.29, 0.717) is 22.5 Å². The van der Waals surface area contributed by atoms with E-state index in [-0.39, 0.29) is 0 Å². The molecule has 8 heteroatoms. The number of hydrogen-bond donors (Lipinski definition) is 0. The first-order valence-corrected chi connectivity index (χ1v) is 11.4. The minimum atomic E-state index is -0.421. The summed E-state index contributed by atoms with van der Waals surface area (Å²) < 4.78 is 9.34. The molecule has 0 unspecified atom stereocenters. The molecule has 0 saturated heterocycles. The maximum atomic E-state index is 11.5. The Balaban J connectivity index is 1.32. The maximum Gasteiger partial charge on any atom is 0.339 e. The monoisotopic (exact) mass is 492 g/mol. The van der Waals surface area contributed by atoms with Gasteiger partial charge in [-0.15, -0.1) is 0 Å². The number of nitrogens with zero attached hydrogens (tertiary/aromatic N) is 4. The molecule has 0 saturated carbocycles. The van der Waals surface area contributed by atoms with E-state index in [1.165, 1.54) is 26.6 Å². The molecule has 4 aromatic rings. The van der Waals surface area contributed by atoms with E-state index in [2.05, 4.69) is 29.4 Å². The molecule has 0 spiro atoms. The first-order valence-electron chi connectivity index (χ1n) is 11.4. The average molecular weight is 493 g/mol. The van der Waals surface area contributed by atoms with Crippen molar-refractivity contribution >= 4 is 35.7 Å². The van der Waals surface area contributed by atoms with Crippen molar-refractivity contribution in [3.8, 4) is 0 Å². The van der Waals surface area contributed by atoms with Gasteiger partial charge in [-0.1, -0.05) is 24.3 Å². The third kappa shape index (κ3) is 7.02. The average Bonchev–Trinajstić information content (AvgIpc) is 2.96. The summed E-state index contributed by atoms with van der Waals surface area (Å²) in [7, 11) is 2.67. The van der Waals surface area contributed by atoms with Gasteiger partial charge in [-0.3, -0.25) is 20.0 Å². The molecule has 0 N–H and O–H groups in total. The Labute approximate surface area is 214 Å². The molecule has 2 aromatic carbocycles. The molecule has 0 aliphatic carbocycles. The molecule has 0 bridgehead atoms. The molecule has 2 aromatic heterocycles. The van der Waals surface area contributed by atoms with E-state index < -0.39 is 11.9 Å². The van der Waals surface area contributed by atoms with Crippen molar-refractivity contribution in [3.63, 3.8) is 0 Å². The van der Waals surface area contributed by atoms with Gasteiger partial charge in [0.15, 0.2) is 0 Å². The molecular formula is C29H24N4O4. The van der Waals surface area contributed by atoms with Gasteiger partial charge in [0.25, 0.3) is 0 Å². The van der Waals surface area contributed by atoms with Crippen LogP contribution in [-0.2, 0) is 15.9 Å². The first kappa shape index (κ1) is 25.1. The van der Waals surface area contributed by atoms with Crippen molar-refractivity contribution in [1.82, 2.24) is 9.97 Å². The number of pyridine rings is 2. The molecule has 184 valence electrons. The lowest BCUT2D eigenvalue weighted by molar-refractivity contribution is 0.0591. The van der Waals surface area contributed by atoms with Crippen molar-refractivity contribution in [1.29, 1.82) is 0 Å². The minimum Gasteiger partial charge on any atom is -0.465 e. The van der Waals surface area contributed by atoms with Gasteiger partial charge in [0.2, 0.25) is 0 Å². The van der Waals surface area contributed by atoms with Crippen molar-refractivity contribution < 1.29 is 19.1 Å². The van der Waals surface area contributed by atoms with Crippen LogP contribution in [0.4, 0.5) is 11.4 Å². The van der Waals surface area contributed by atoms with E-state index in [1.807, 2.05) is 48.5 Å². The zero-order valence-corrected chi connectivity index (χ0v) is 20.4. The van der Waals surface area contributed by atoms with E-state index in [1.54, 1.807) is 36.7 Å². The largest absolute Gasteiger partial charge is 0.465 e. The summed E-state index contributed by atoms with van der Waals surface area (Å²) in [5.41, 5.74) is 6.01. The number of methoxy groups -OCH3 is 2. The molecule has 0 atom stereocenters. The Bertz CT molecular complexity index is 1300. The number of aliphatic imine (C=N–C) groups is 2. The Morgan fingerprint density at radius 2 is 1.05 bits per heavy atom. The lowest BCUT2D eigenvalue weighted by atomic mass is 10.0. The van der Waals surface area contributed by atoms with E-state index >= 15 is 0 Å². The second-order valence-electron chi connectivity index (χ2n) is 7.95. The molecule has 8 nitrogen and oxygen atoms in total. The second-order valence-corrected chi connectivity index (χ2v) is 7.95. The summed E-state index contributed by atoms with van der Waals surface area (Å²) in [6.07, 6.45) is 7.01. The number of hydrogen-bond acceptors (Lipinski definition) is 8. The predicted octanol–water partition coefficient (Wildman–Crippen LogP) is 5.14. The van der Waals surface area contributed by atoms with Crippen LogP contribution in [0.2, 0.25) is 0 Å². The van der Waals surface area contributed by atoms with Crippen LogP contribution in [-0.4, -0.2) is 48.6 Å². The lowest BCUT2D eigenvalue weighted by Gasteiger charge is -2.04. The highest BCUT2D eigenvalue weighted by atomic mass is 16.5. The van der Waals surface area contributed by atoms with Crippen molar-refractivity contribution in [2.24, 2.45) is 9.98 Å².